The monoisotopic (exact) mass is 209 g/mol. The van der Waals surface area contributed by atoms with E-state index in [4.69, 9.17) is 4.74 Å². The summed E-state index contributed by atoms with van der Waals surface area (Å²) in [5.74, 6) is 0.578. The average Bonchev–Trinajstić information content (AvgIpc) is 2.30. The molecule has 2 rings (SSSR count). The van der Waals surface area contributed by atoms with Crippen LogP contribution in [0.15, 0.2) is 18.2 Å². The maximum atomic E-state index is 13.2. The molecule has 1 saturated heterocycles. The van der Waals surface area contributed by atoms with Crippen LogP contribution in [0.2, 0.25) is 0 Å². The third-order valence-corrected chi connectivity index (χ3v) is 2.88. The van der Waals surface area contributed by atoms with Crippen LogP contribution >= 0.6 is 0 Å². The van der Waals surface area contributed by atoms with Crippen LogP contribution in [-0.4, -0.2) is 13.7 Å². The molecule has 0 unspecified atom stereocenters. The van der Waals surface area contributed by atoms with Gasteiger partial charge in [0, 0.05) is 11.6 Å². The lowest BCUT2D eigenvalue weighted by Gasteiger charge is -2.25. The maximum Gasteiger partial charge on any atom is 0.123 e. The van der Waals surface area contributed by atoms with Gasteiger partial charge < -0.3 is 10.1 Å². The summed E-state index contributed by atoms with van der Waals surface area (Å²) >= 11 is 0. The van der Waals surface area contributed by atoms with Crippen LogP contribution in [0.5, 0.6) is 5.75 Å². The van der Waals surface area contributed by atoms with Gasteiger partial charge in [0.2, 0.25) is 0 Å². The molecule has 1 fully saturated rings. The lowest BCUT2D eigenvalue weighted by molar-refractivity contribution is 0.372. The number of halogens is 1. The maximum absolute atomic E-state index is 13.2. The lowest BCUT2D eigenvalue weighted by atomic mass is 9.97. The highest BCUT2D eigenvalue weighted by Crippen LogP contribution is 2.30. The number of piperidine rings is 1. The van der Waals surface area contributed by atoms with Gasteiger partial charge in [-0.05, 0) is 37.6 Å². The van der Waals surface area contributed by atoms with Crippen molar-refractivity contribution in [1.29, 1.82) is 0 Å². The van der Waals surface area contributed by atoms with Gasteiger partial charge in [0.15, 0.2) is 0 Å². The van der Waals surface area contributed by atoms with Gasteiger partial charge in [-0.3, -0.25) is 0 Å². The predicted octanol–water partition coefficient (Wildman–Crippen LogP) is 2.65. The van der Waals surface area contributed by atoms with Crippen molar-refractivity contribution in [1.82, 2.24) is 5.32 Å². The van der Waals surface area contributed by atoms with Gasteiger partial charge in [-0.15, -0.1) is 0 Å². The van der Waals surface area contributed by atoms with E-state index in [2.05, 4.69) is 5.32 Å². The van der Waals surface area contributed by atoms with Crippen LogP contribution in [0.3, 0.4) is 0 Å². The highest BCUT2D eigenvalue weighted by Gasteiger charge is 2.18. The van der Waals surface area contributed by atoms with E-state index in [1.54, 1.807) is 19.2 Å². The Morgan fingerprint density at radius 1 is 1.40 bits per heavy atom. The number of hydrogen-bond acceptors (Lipinski definition) is 2. The van der Waals surface area contributed by atoms with Gasteiger partial charge in [-0.25, -0.2) is 4.39 Å². The van der Waals surface area contributed by atoms with Gasteiger partial charge in [0.05, 0.1) is 7.11 Å². The first-order chi connectivity index (χ1) is 7.31. The SMILES string of the molecule is COc1ccc(F)cc1[C@H]1CCCCN1. The van der Waals surface area contributed by atoms with Crippen molar-refractivity contribution in [3.8, 4) is 5.75 Å². The Balaban J connectivity index is 2.27. The highest BCUT2D eigenvalue weighted by molar-refractivity contribution is 5.36. The first kappa shape index (κ1) is 10.4. The zero-order valence-corrected chi connectivity index (χ0v) is 8.92. The van der Waals surface area contributed by atoms with Gasteiger partial charge in [-0.2, -0.15) is 0 Å². The molecule has 0 radical (unpaired) electrons. The molecule has 82 valence electrons. The largest absolute Gasteiger partial charge is 0.496 e. The van der Waals surface area contributed by atoms with Gasteiger partial charge in [-0.1, -0.05) is 6.42 Å². The molecular formula is C12H16FNO. The molecule has 1 N–H and O–H groups in total. The van der Waals surface area contributed by atoms with Crippen molar-refractivity contribution >= 4 is 0 Å². The summed E-state index contributed by atoms with van der Waals surface area (Å²) in [5.41, 5.74) is 0.942. The minimum Gasteiger partial charge on any atom is -0.496 e. The second-order valence-electron chi connectivity index (χ2n) is 3.89. The fraction of sp³-hybridized carbons (Fsp3) is 0.500. The summed E-state index contributed by atoms with van der Waals surface area (Å²) in [6.07, 6.45) is 3.45. The molecular weight excluding hydrogens is 193 g/mol. The van der Waals surface area contributed by atoms with Crippen LogP contribution in [0.25, 0.3) is 0 Å². The van der Waals surface area contributed by atoms with Gasteiger partial charge in [0.1, 0.15) is 11.6 Å². The Hall–Kier alpha value is -1.09. The topological polar surface area (TPSA) is 21.3 Å². The number of ether oxygens (including phenoxy) is 1. The molecule has 15 heavy (non-hydrogen) atoms. The molecule has 0 aromatic heterocycles. The fourth-order valence-electron chi connectivity index (χ4n) is 2.09. The zero-order chi connectivity index (χ0) is 10.7. The Morgan fingerprint density at radius 2 is 2.27 bits per heavy atom. The van der Waals surface area contributed by atoms with Crippen LogP contribution < -0.4 is 10.1 Å². The second-order valence-corrected chi connectivity index (χ2v) is 3.89. The predicted molar refractivity (Wildman–Crippen MR) is 57.5 cm³/mol. The zero-order valence-electron chi connectivity index (χ0n) is 8.92. The minimum atomic E-state index is -0.196. The minimum absolute atomic E-state index is 0.196. The van der Waals surface area contributed by atoms with E-state index in [0.29, 0.717) is 0 Å². The van der Waals surface area contributed by atoms with Crippen molar-refractivity contribution in [2.45, 2.75) is 25.3 Å². The Kier molecular flexibility index (Phi) is 3.21. The normalized spacial score (nSPS) is 21.3. The van der Waals surface area contributed by atoms with Crippen molar-refractivity contribution in [2.24, 2.45) is 0 Å². The Labute approximate surface area is 89.4 Å². The third kappa shape index (κ3) is 2.29. The van der Waals surface area contributed by atoms with E-state index in [1.165, 1.54) is 18.9 Å². The van der Waals surface area contributed by atoms with E-state index < -0.39 is 0 Å². The Bertz CT molecular complexity index is 334. The van der Waals surface area contributed by atoms with E-state index in [-0.39, 0.29) is 11.9 Å². The van der Waals surface area contributed by atoms with Crippen LogP contribution in [0.1, 0.15) is 30.9 Å². The summed E-state index contributed by atoms with van der Waals surface area (Å²) in [6.45, 7) is 1.00. The molecule has 1 aliphatic rings. The van der Waals surface area contributed by atoms with E-state index in [0.717, 1.165) is 24.3 Å². The summed E-state index contributed by atoms with van der Waals surface area (Å²) in [7, 11) is 1.62. The van der Waals surface area contributed by atoms with Crippen LogP contribution in [0.4, 0.5) is 4.39 Å². The van der Waals surface area contributed by atoms with E-state index in [9.17, 15) is 4.39 Å². The quantitative estimate of drug-likeness (QED) is 0.808. The van der Waals surface area contributed by atoms with Crippen molar-refractivity contribution < 1.29 is 9.13 Å². The van der Waals surface area contributed by atoms with Crippen LogP contribution in [-0.2, 0) is 0 Å². The fourth-order valence-corrected chi connectivity index (χ4v) is 2.09. The molecule has 1 aliphatic heterocycles. The molecule has 0 amide bonds. The average molecular weight is 209 g/mol. The van der Waals surface area contributed by atoms with Crippen molar-refractivity contribution in [3.05, 3.63) is 29.6 Å². The Morgan fingerprint density at radius 3 is 2.93 bits per heavy atom. The molecule has 0 bridgehead atoms. The number of hydrogen-bond donors (Lipinski definition) is 1. The highest BCUT2D eigenvalue weighted by atomic mass is 19.1. The van der Waals surface area contributed by atoms with Gasteiger partial charge in [0.25, 0.3) is 0 Å². The molecule has 0 aliphatic carbocycles. The van der Waals surface area contributed by atoms with Crippen molar-refractivity contribution in [2.75, 3.05) is 13.7 Å². The standard InChI is InChI=1S/C12H16FNO/c1-15-12-6-5-9(13)8-10(12)11-4-2-3-7-14-11/h5-6,8,11,14H,2-4,7H2,1H3/t11-/m1/s1. The molecule has 1 aromatic rings. The van der Waals surface area contributed by atoms with E-state index >= 15 is 0 Å². The summed E-state index contributed by atoms with van der Waals surface area (Å²) in [5, 5.41) is 3.39. The number of nitrogens with one attached hydrogen (secondary N) is 1. The van der Waals surface area contributed by atoms with Crippen molar-refractivity contribution in [3.63, 3.8) is 0 Å². The number of benzene rings is 1. The van der Waals surface area contributed by atoms with Gasteiger partial charge >= 0.3 is 0 Å². The molecule has 3 heteroatoms. The molecule has 0 spiro atoms. The molecule has 1 atom stereocenters. The smallest absolute Gasteiger partial charge is 0.123 e. The summed E-state index contributed by atoms with van der Waals surface area (Å²) in [4.78, 5) is 0. The molecule has 1 heterocycles. The molecule has 1 aromatic carbocycles. The van der Waals surface area contributed by atoms with Crippen LogP contribution in [0, 0.1) is 5.82 Å². The summed E-state index contributed by atoms with van der Waals surface area (Å²) in [6, 6.07) is 4.94. The van der Waals surface area contributed by atoms with E-state index in [1.807, 2.05) is 0 Å². The molecule has 0 saturated carbocycles. The first-order valence-electron chi connectivity index (χ1n) is 5.38. The molecule has 2 nitrogen and oxygen atoms in total. The summed E-state index contributed by atoms with van der Waals surface area (Å²) < 4.78 is 18.4. The second kappa shape index (κ2) is 4.62. The lowest BCUT2D eigenvalue weighted by Crippen LogP contribution is -2.27. The third-order valence-electron chi connectivity index (χ3n) is 2.88. The first-order valence-corrected chi connectivity index (χ1v) is 5.38. The number of methoxy groups -OCH3 is 1. The number of rotatable bonds is 2.